The molecule has 1 saturated heterocycles. The summed E-state index contributed by atoms with van der Waals surface area (Å²) in [5, 5.41) is 22.8. The predicted octanol–water partition coefficient (Wildman–Crippen LogP) is 3.13. The van der Waals surface area contributed by atoms with E-state index in [0.717, 1.165) is 23.1 Å². The van der Waals surface area contributed by atoms with Gasteiger partial charge in [0.2, 0.25) is 5.95 Å². The van der Waals surface area contributed by atoms with Crippen molar-refractivity contribution in [3.05, 3.63) is 60.6 Å². The van der Waals surface area contributed by atoms with Gasteiger partial charge in [-0.15, -0.1) is 5.10 Å². The molecule has 1 atom stereocenters. The van der Waals surface area contributed by atoms with Crippen LogP contribution in [0.5, 0.6) is 5.88 Å². The Kier molecular flexibility index (Phi) is 6.22. The van der Waals surface area contributed by atoms with E-state index in [1.54, 1.807) is 54.5 Å². The van der Waals surface area contributed by atoms with Crippen molar-refractivity contribution in [1.82, 2.24) is 34.4 Å². The van der Waals surface area contributed by atoms with Crippen LogP contribution in [0.25, 0.3) is 17.1 Å². The first-order valence-corrected chi connectivity index (χ1v) is 12.6. The largest absolute Gasteiger partial charge is 0.472 e. The van der Waals surface area contributed by atoms with E-state index in [0.29, 0.717) is 35.7 Å². The number of alkyl halides is 2. The second kappa shape index (κ2) is 9.73. The molecule has 0 bridgehead atoms. The number of ether oxygens (including phenoxy) is 1. The van der Waals surface area contributed by atoms with Crippen LogP contribution >= 0.6 is 0 Å². The van der Waals surface area contributed by atoms with Crippen LogP contribution in [0.3, 0.4) is 0 Å². The lowest BCUT2D eigenvalue weighted by Gasteiger charge is -2.21. The van der Waals surface area contributed by atoms with E-state index in [1.807, 2.05) is 6.07 Å². The van der Waals surface area contributed by atoms with Crippen LogP contribution in [0.4, 0.5) is 20.4 Å². The molecule has 0 unspecified atom stereocenters. The number of nitrogens with one attached hydrogen (secondary N) is 1. The number of benzene rings is 1. The number of likely N-dealkylation sites (tertiary alicyclic amines) is 1. The highest BCUT2D eigenvalue weighted by Gasteiger charge is 2.45. The number of halogens is 2. The summed E-state index contributed by atoms with van der Waals surface area (Å²) in [6.45, 7) is -0.0669. The number of likely N-dealkylation sites (N-methyl/N-ethyl adjacent to an activating group) is 1. The highest BCUT2D eigenvalue weighted by Crippen LogP contribution is 2.35. The molecule has 4 aromatic rings. The van der Waals surface area contributed by atoms with E-state index < -0.39 is 18.6 Å². The molecule has 13 heteroatoms. The molecule has 1 saturated carbocycles. The average Bonchev–Trinajstić information content (AvgIpc) is 3.35. The van der Waals surface area contributed by atoms with E-state index >= 15 is 0 Å². The Balaban J connectivity index is 1.23. The zero-order chi connectivity index (χ0) is 27.1. The Hall–Kier alpha value is -4.39. The van der Waals surface area contributed by atoms with Gasteiger partial charge in [-0.3, -0.25) is 9.48 Å². The number of aliphatic hydroxyl groups is 1. The van der Waals surface area contributed by atoms with E-state index in [2.05, 4.69) is 25.5 Å². The molecule has 6 rings (SSSR count). The Labute approximate surface area is 222 Å². The van der Waals surface area contributed by atoms with Gasteiger partial charge in [-0.2, -0.15) is 10.1 Å². The maximum atomic E-state index is 12.9. The Morgan fingerprint density at radius 3 is 2.82 bits per heavy atom. The van der Waals surface area contributed by atoms with E-state index in [4.69, 9.17) is 4.74 Å². The first kappa shape index (κ1) is 24.9. The minimum absolute atomic E-state index is 0.0297. The lowest BCUT2D eigenvalue weighted by molar-refractivity contribution is -0.143. The maximum absolute atomic E-state index is 12.9. The van der Waals surface area contributed by atoms with Gasteiger partial charge < -0.3 is 20.1 Å². The third-order valence-electron chi connectivity index (χ3n) is 6.71. The lowest BCUT2D eigenvalue weighted by atomic mass is 9.90. The van der Waals surface area contributed by atoms with Gasteiger partial charge in [0, 0.05) is 44.0 Å². The summed E-state index contributed by atoms with van der Waals surface area (Å²) in [6, 6.07) is 10.6. The average molecular weight is 537 g/mol. The minimum Gasteiger partial charge on any atom is -0.472 e. The zero-order valence-corrected chi connectivity index (χ0v) is 21.0. The second-order valence-electron chi connectivity index (χ2n) is 9.71. The summed E-state index contributed by atoms with van der Waals surface area (Å²) < 4.78 is 34.3. The molecule has 202 valence electrons. The fraction of sp³-hybridized carbons (Fsp3) is 0.346. The SMILES string of the molecule is CN1CC[C@@](O)(c2cccc(-c3ccn(-c4ccnc(Nc5cn(CC(F)F)nc5OC5CC5)n4)n3)c2)C1=O. The molecular weight excluding hydrogens is 510 g/mol. The number of hydrogen-bond donors (Lipinski definition) is 2. The number of carbonyl (C=O) groups is 1. The normalized spacial score (nSPS) is 19.2. The van der Waals surface area contributed by atoms with Gasteiger partial charge in [0.1, 0.15) is 18.3 Å². The molecule has 1 aliphatic carbocycles. The number of hydrogen-bond acceptors (Lipinski definition) is 8. The molecule has 1 aromatic carbocycles. The van der Waals surface area contributed by atoms with Gasteiger partial charge in [-0.05, 0) is 30.5 Å². The Morgan fingerprint density at radius 2 is 2.08 bits per heavy atom. The first-order chi connectivity index (χ1) is 18.8. The molecule has 2 aliphatic rings. The number of anilines is 2. The van der Waals surface area contributed by atoms with E-state index in [1.165, 1.54) is 11.1 Å². The van der Waals surface area contributed by atoms with Crippen LogP contribution in [0.15, 0.2) is 55.0 Å². The van der Waals surface area contributed by atoms with Crippen LogP contribution in [0, 0.1) is 0 Å². The molecule has 0 radical (unpaired) electrons. The third kappa shape index (κ3) is 5.04. The van der Waals surface area contributed by atoms with Crippen molar-refractivity contribution in [2.75, 3.05) is 18.9 Å². The highest BCUT2D eigenvalue weighted by molar-refractivity contribution is 5.88. The molecule has 1 amide bonds. The van der Waals surface area contributed by atoms with Crippen molar-refractivity contribution in [3.63, 3.8) is 0 Å². The summed E-state index contributed by atoms with van der Waals surface area (Å²) in [4.78, 5) is 22.8. The van der Waals surface area contributed by atoms with Gasteiger partial charge in [0.15, 0.2) is 11.4 Å². The van der Waals surface area contributed by atoms with Crippen LogP contribution in [0.1, 0.15) is 24.8 Å². The maximum Gasteiger partial charge on any atom is 0.258 e. The first-order valence-electron chi connectivity index (χ1n) is 12.6. The smallest absolute Gasteiger partial charge is 0.258 e. The van der Waals surface area contributed by atoms with Gasteiger partial charge in [-0.25, -0.2) is 18.4 Å². The monoisotopic (exact) mass is 536 g/mol. The van der Waals surface area contributed by atoms with Gasteiger partial charge in [-0.1, -0.05) is 18.2 Å². The van der Waals surface area contributed by atoms with Crippen molar-refractivity contribution in [2.24, 2.45) is 0 Å². The summed E-state index contributed by atoms with van der Waals surface area (Å²) in [6.07, 6.45) is 4.32. The molecule has 39 heavy (non-hydrogen) atoms. The van der Waals surface area contributed by atoms with Gasteiger partial charge in [0.05, 0.1) is 11.9 Å². The quantitative estimate of drug-likeness (QED) is 0.335. The summed E-state index contributed by atoms with van der Waals surface area (Å²) in [5.41, 5.74) is 0.728. The topological polar surface area (TPSA) is 123 Å². The molecule has 4 heterocycles. The number of nitrogens with zero attached hydrogens (tertiary/aromatic N) is 7. The van der Waals surface area contributed by atoms with Crippen molar-refractivity contribution in [3.8, 4) is 23.0 Å². The number of carbonyl (C=O) groups excluding carboxylic acids is 1. The van der Waals surface area contributed by atoms with E-state index in [9.17, 15) is 18.7 Å². The van der Waals surface area contributed by atoms with Crippen LogP contribution in [-0.2, 0) is 16.9 Å². The van der Waals surface area contributed by atoms with E-state index in [-0.39, 0.29) is 23.8 Å². The summed E-state index contributed by atoms with van der Waals surface area (Å²) >= 11 is 0. The van der Waals surface area contributed by atoms with Crippen molar-refractivity contribution in [1.29, 1.82) is 0 Å². The van der Waals surface area contributed by atoms with Crippen molar-refractivity contribution < 1.29 is 23.4 Å². The minimum atomic E-state index is -2.55. The number of aromatic nitrogens is 6. The van der Waals surface area contributed by atoms with Crippen molar-refractivity contribution >= 4 is 17.5 Å². The highest BCUT2D eigenvalue weighted by atomic mass is 19.3. The molecule has 2 fully saturated rings. The fourth-order valence-corrected chi connectivity index (χ4v) is 4.48. The van der Waals surface area contributed by atoms with Gasteiger partial charge >= 0.3 is 0 Å². The Morgan fingerprint density at radius 1 is 1.23 bits per heavy atom. The van der Waals surface area contributed by atoms with Crippen LogP contribution in [0.2, 0.25) is 0 Å². The molecule has 0 spiro atoms. The zero-order valence-electron chi connectivity index (χ0n) is 21.0. The van der Waals surface area contributed by atoms with Crippen LogP contribution < -0.4 is 10.1 Å². The van der Waals surface area contributed by atoms with Gasteiger partial charge in [0.25, 0.3) is 18.2 Å². The predicted molar refractivity (Wildman–Crippen MR) is 136 cm³/mol. The number of rotatable bonds is 9. The molecule has 3 aromatic heterocycles. The third-order valence-corrected chi connectivity index (χ3v) is 6.71. The van der Waals surface area contributed by atoms with Crippen molar-refractivity contribution in [2.45, 2.75) is 43.9 Å². The molecule has 2 N–H and O–H groups in total. The Bertz CT molecular complexity index is 1520. The fourth-order valence-electron chi connectivity index (χ4n) is 4.48. The van der Waals surface area contributed by atoms with Crippen LogP contribution in [-0.4, -0.2) is 71.6 Å². The second-order valence-corrected chi connectivity index (χ2v) is 9.71. The lowest BCUT2D eigenvalue weighted by Crippen LogP contribution is -2.36. The summed E-state index contributed by atoms with van der Waals surface area (Å²) in [5.74, 6) is 0.583. The summed E-state index contributed by atoms with van der Waals surface area (Å²) in [7, 11) is 1.67. The molecule has 11 nitrogen and oxygen atoms in total. The molecular formula is C26H26F2N8O3. The number of amides is 1. The molecule has 1 aliphatic heterocycles. The standard InChI is InChI=1S/C26H26F2N8O3/c1-34-12-9-26(38,24(34)37)17-4-2-3-16(13-17)19-8-11-36(32-19)22-7-10-29-25(31-22)30-20-14-35(15-21(27)28)33-23(20)39-18-5-6-18/h2-4,7-8,10-11,13-14,18,21,38H,5-6,9,12,15H2,1H3,(H,29,30,31)/t26-/m1/s1.